The lowest BCUT2D eigenvalue weighted by Crippen LogP contribution is -2.46. The van der Waals surface area contributed by atoms with Gasteiger partial charge in [0.1, 0.15) is 0 Å². The fourth-order valence-corrected chi connectivity index (χ4v) is 1.87. The number of benzene rings is 1. The molecule has 5 heteroatoms. The minimum atomic E-state index is -0.917. The molecular weight excluding hydrogens is 256 g/mol. The summed E-state index contributed by atoms with van der Waals surface area (Å²) in [5, 5.41) is 14.4. The molecular formula is C15H22N2O3. The Bertz CT molecular complexity index is 446. The molecule has 0 bridgehead atoms. The van der Waals surface area contributed by atoms with E-state index in [9.17, 15) is 9.59 Å². The quantitative estimate of drug-likeness (QED) is 0.748. The maximum absolute atomic E-state index is 11.9. The van der Waals surface area contributed by atoms with Crippen molar-refractivity contribution in [1.82, 2.24) is 10.6 Å². The van der Waals surface area contributed by atoms with Gasteiger partial charge in [-0.15, -0.1) is 0 Å². The zero-order valence-corrected chi connectivity index (χ0v) is 12.1. The first-order chi connectivity index (χ1) is 9.40. The normalized spacial score (nSPS) is 13.6. The lowest BCUT2D eigenvalue weighted by molar-refractivity contribution is -0.137. The van der Waals surface area contributed by atoms with Gasteiger partial charge in [0.05, 0.1) is 12.5 Å². The van der Waals surface area contributed by atoms with E-state index in [0.717, 1.165) is 5.56 Å². The molecule has 0 spiro atoms. The zero-order chi connectivity index (χ0) is 15.1. The first-order valence-electron chi connectivity index (χ1n) is 6.74. The third-order valence-corrected chi connectivity index (χ3v) is 3.16. The Morgan fingerprint density at radius 2 is 1.70 bits per heavy atom. The molecule has 0 heterocycles. The van der Waals surface area contributed by atoms with Crippen LogP contribution in [0.2, 0.25) is 0 Å². The average Bonchev–Trinajstić information content (AvgIpc) is 2.38. The van der Waals surface area contributed by atoms with E-state index in [1.165, 1.54) is 0 Å². The number of amides is 2. The predicted molar refractivity (Wildman–Crippen MR) is 77.4 cm³/mol. The molecule has 0 saturated heterocycles. The van der Waals surface area contributed by atoms with Crippen molar-refractivity contribution in [3.63, 3.8) is 0 Å². The van der Waals surface area contributed by atoms with Crippen LogP contribution >= 0.6 is 0 Å². The molecule has 1 rings (SSSR count). The maximum Gasteiger partial charge on any atom is 0.315 e. The summed E-state index contributed by atoms with van der Waals surface area (Å²) in [6.45, 7) is 5.65. The summed E-state index contributed by atoms with van der Waals surface area (Å²) in [5.74, 6) is -0.857. The van der Waals surface area contributed by atoms with Gasteiger partial charge in [-0.05, 0) is 18.4 Å². The lowest BCUT2D eigenvalue weighted by Gasteiger charge is -2.22. The highest BCUT2D eigenvalue weighted by atomic mass is 16.4. The SMILES string of the molecule is CC(NC(=O)NC(CC(=O)O)C(C)C)c1ccccc1. The minimum absolute atomic E-state index is 0.0591. The molecule has 0 aliphatic rings. The molecule has 3 N–H and O–H groups in total. The van der Waals surface area contributed by atoms with Gasteiger partial charge in [-0.1, -0.05) is 44.2 Å². The second-order valence-corrected chi connectivity index (χ2v) is 5.20. The van der Waals surface area contributed by atoms with Crippen LogP contribution in [0.15, 0.2) is 30.3 Å². The third kappa shape index (κ3) is 5.30. The number of aliphatic carboxylic acids is 1. The number of carbonyl (C=O) groups is 2. The van der Waals surface area contributed by atoms with Crippen LogP contribution in [-0.4, -0.2) is 23.1 Å². The summed E-state index contributed by atoms with van der Waals surface area (Å²) < 4.78 is 0. The number of carboxylic acid groups (broad SMARTS) is 1. The molecule has 5 nitrogen and oxygen atoms in total. The lowest BCUT2D eigenvalue weighted by atomic mass is 10.0. The molecule has 0 saturated carbocycles. The Morgan fingerprint density at radius 3 is 2.20 bits per heavy atom. The highest BCUT2D eigenvalue weighted by molar-refractivity contribution is 5.76. The van der Waals surface area contributed by atoms with Gasteiger partial charge in [0.15, 0.2) is 0 Å². The number of hydrogen-bond donors (Lipinski definition) is 3. The van der Waals surface area contributed by atoms with E-state index in [1.54, 1.807) is 0 Å². The average molecular weight is 278 g/mol. The van der Waals surface area contributed by atoms with Crippen LogP contribution in [-0.2, 0) is 4.79 Å². The van der Waals surface area contributed by atoms with Gasteiger partial charge in [-0.3, -0.25) is 4.79 Å². The first-order valence-corrected chi connectivity index (χ1v) is 6.74. The molecule has 0 fully saturated rings. The third-order valence-electron chi connectivity index (χ3n) is 3.16. The zero-order valence-electron chi connectivity index (χ0n) is 12.1. The standard InChI is InChI=1S/C15H22N2O3/c1-10(2)13(9-14(18)19)17-15(20)16-11(3)12-7-5-4-6-8-12/h4-8,10-11,13H,9H2,1-3H3,(H,18,19)(H2,16,17,20). The Kier molecular flexibility index (Phi) is 6.03. The molecule has 2 unspecified atom stereocenters. The van der Waals surface area contributed by atoms with Crippen molar-refractivity contribution < 1.29 is 14.7 Å². The fraction of sp³-hybridized carbons (Fsp3) is 0.467. The van der Waals surface area contributed by atoms with Crippen molar-refractivity contribution in [2.45, 2.75) is 39.3 Å². The second-order valence-electron chi connectivity index (χ2n) is 5.20. The van der Waals surface area contributed by atoms with Gasteiger partial charge in [0.2, 0.25) is 0 Å². The second kappa shape index (κ2) is 7.53. The van der Waals surface area contributed by atoms with Crippen molar-refractivity contribution in [3.8, 4) is 0 Å². The van der Waals surface area contributed by atoms with E-state index >= 15 is 0 Å². The van der Waals surface area contributed by atoms with Crippen molar-refractivity contribution in [1.29, 1.82) is 0 Å². The summed E-state index contributed by atoms with van der Waals surface area (Å²) in [7, 11) is 0. The monoisotopic (exact) mass is 278 g/mol. The van der Waals surface area contributed by atoms with Gasteiger partial charge >= 0.3 is 12.0 Å². The van der Waals surface area contributed by atoms with E-state index < -0.39 is 5.97 Å². The van der Waals surface area contributed by atoms with Gasteiger partial charge < -0.3 is 15.7 Å². The van der Waals surface area contributed by atoms with E-state index in [-0.39, 0.29) is 30.5 Å². The van der Waals surface area contributed by atoms with Crippen molar-refractivity contribution in [2.24, 2.45) is 5.92 Å². The summed E-state index contributed by atoms with van der Waals surface area (Å²) in [5.41, 5.74) is 1.00. The Labute approximate surface area is 119 Å². The molecule has 0 radical (unpaired) electrons. The van der Waals surface area contributed by atoms with Crippen LogP contribution in [0.4, 0.5) is 4.79 Å². The fourth-order valence-electron chi connectivity index (χ4n) is 1.87. The predicted octanol–water partition coefficient (Wildman–Crippen LogP) is 2.55. The molecule has 0 aliphatic heterocycles. The van der Waals surface area contributed by atoms with E-state index in [1.807, 2.05) is 51.1 Å². The number of nitrogens with one attached hydrogen (secondary N) is 2. The van der Waals surface area contributed by atoms with Gasteiger partial charge in [0, 0.05) is 6.04 Å². The van der Waals surface area contributed by atoms with Crippen molar-refractivity contribution in [3.05, 3.63) is 35.9 Å². The highest BCUT2D eigenvalue weighted by Gasteiger charge is 2.20. The molecule has 0 aromatic heterocycles. The largest absolute Gasteiger partial charge is 0.481 e. The topological polar surface area (TPSA) is 78.4 Å². The number of carbonyl (C=O) groups excluding carboxylic acids is 1. The Balaban J connectivity index is 2.55. The van der Waals surface area contributed by atoms with E-state index in [2.05, 4.69) is 10.6 Å². The van der Waals surface area contributed by atoms with Crippen LogP contribution in [0.1, 0.15) is 38.8 Å². The van der Waals surface area contributed by atoms with Gasteiger partial charge in [-0.2, -0.15) is 0 Å². The van der Waals surface area contributed by atoms with Crippen LogP contribution in [0, 0.1) is 5.92 Å². The molecule has 2 atom stereocenters. The number of urea groups is 1. The first kappa shape index (κ1) is 16.0. The van der Waals surface area contributed by atoms with E-state index in [4.69, 9.17) is 5.11 Å². The molecule has 2 amide bonds. The molecule has 20 heavy (non-hydrogen) atoms. The molecule has 1 aromatic rings. The van der Waals surface area contributed by atoms with Crippen molar-refractivity contribution >= 4 is 12.0 Å². The number of carboxylic acids is 1. The molecule has 110 valence electrons. The summed E-state index contributed by atoms with van der Waals surface area (Å²) >= 11 is 0. The van der Waals surface area contributed by atoms with Crippen molar-refractivity contribution in [2.75, 3.05) is 0 Å². The number of hydrogen-bond acceptors (Lipinski definition) is 2. The summed E-state index contributed by atoms with van der Waals surface area (Å²) in [6.07, 6.45) is -0.0786. The minimum Gasteiger partial charge on any atom is -0.481 e. The number of rotatable bonds is 6. The summed E-state index contributed by atoms with van der Waals surface area (Å²) in [6, 6.07) is 8.74. The smallest absolute Gasteiger partial charge is 0.315 e. The Hall–Kier alpha value is -2.04. The maximum atomic E-state index is 11.9. The van der Waals surface area contributed by atoms with Crippen LogP contribution < -0.4 is 10.6 Å². The van der Waals surface area contributed by atoms with Gasteiger partial charge in [0.25, 0.3) is 0 Å². The highest BCUT2D eigenvalue weighted by Crippen LogP contribution is 2.11. The Morgan fingerprint density at radius 1 is 1.10 bits per heavy atom. The van der Waals surface area contributed by atoms with Crippen LogP contribution in [0.25, 0.3) is 0 Å². The van der Waals surface area contributed by atoms with E-state index in [0.29, 0.717) is 0 Å². The van der Waals surface area contributed by atoms with Crippen LogP contribution in [0.5, 0.6) is 0 Å². The van der Waals surface area contributed by atoms with Crippen LogP contribution in [0.3, 0.4) is 0 Å². The molecule has 0 aliphatic carbocycles. The summed E-state index contributed by atoms with van der Waals surface area (Å²) in [4.78, 5) is 22.7. The molecule has 1 aromatic carbocycles. The van der Waals surface area contributed by atoms with Gasteiger partial charge in [-0.25, -0.2) is 4.79 Å².